The molecule has 21 heavy (non-hydrogen) atoms. The van der Waals surface area contributed by atoms with Gasteiger partial charge in [0.15, 0.2) is 11.5 Å². The number of amides is 1. The molecule has 6 nitrogen and oxygen atoms in total. The van der Waals surface area contributed by atoms with E-state index in [2.05, 4.69) is 10.6 Å². The zero-order valence-corrected chi connectivity index (χ0v) is 12.4. The number of carbonyl (C=O) groups excluding carboxylic acids is 2. The molecule has 0 saturated heterocycles. The van der Waals surface area contributed by atoms with Crippen LogP contribution in [-0.4, -0.2) is 42.3 Å². The van der Waals surface area contributed by atoms with Crippen molar-refractivity contribution in [3.8, 4) is 5.75 Å². The first kappa shape index (κ1) is 14.9. The van der Waals surface area contributed by atoms with Gasteiger partial charge in [-0.3, -0.25) is 9.59 Å². The maximum atomic E-state index is 12.0. The molecule has 0 spiro atoms. The lowest BCUT2D eigenvalue weighted by atomic mass is 9.98. The Morgan fingerprint density at radius 2 is 2.10 bits per heavy atom. The average molecular weight is 289 g/mol. The molecule has 1 amide bonds. The molecule has 112 valence electrons. The molecule has 0 atom stereocenters. The van der Waals surface area contributed by atoms with Gasteiger partial charge in [0.1, 0.15) is 5.70 Å². The minimum absolute atomic E-state index is 0.0188. The van der Waals surface area contributed by atoms with Gasteiger partial charge in [0.05, 0.1) is 17.7 Å². The van der Waals surface area contributed by atoms with Crippen LogP contribution in [0.1, 0.15) is 23.7 Å². The molecule has 0 aliphatic heterocycles. The van der Waals surface area contributed by atoms with Crippen LogP contribution in [0.25, 0.3) is 0 Å². The number of phenolic OH excluding ortho intramolecular Hbond substituents is 1. The number of benzene rings is 1. The fourth-order valence-electron chi connectivity index (χ4n) is 2.10. The van der Waals surface area contributed by atoms with E-state index in [9.17, 15) is 14.7 Å². The van der Waals surface area contributed by atoms with E-state index in [0.717, 1.165) is 12.2 Å². The quantitative estimate of drug-likeness (QED) is 0.712. The fraction of sp³-hybridized carbons (Fsp3) is 0.333. The first-order chi connectivity index (χ1) is 9.95. The van der Waals surface area contributed by atoms with Gasteiger partial charge in [-0.2, -0.15) is 0 Å². The highest BCUT2D eigenvalue weighted by molar-refractivity contribution is 6.07. The SMILES string of the molecule is CCNC1=C(Nc2cccc(C(=O)N(C)C)c2O)C(=O)C1. The van der Waals surface area contributed by atoms with Gasteiger partial charge in [0.25, 0.3) is 5.91 Å². The van der Waals surface area contributed by atoms with E-state index in [1.807, 2.05) is 6.92 Å². The van der Waals surface area contributed by atoms with Crippen molar-refractivity contribution in [2.75, 3.05) is 26.0 Å². The monoisotopic (exact) mass is 289 g/mol. The van der Waals surface area contributed by atoms with E-state index in [-0.39, 0.29) is 23.0 Å². The number of aromatic hydroxyl groups is 1. The van der Waals surface area contributed by atoms with Crippen LogP contribution in [0, 0.1) is 0 Å². The maximum Gasteiger partial charge on any atom is 0.257 e. The summed E-state index contributed by atoms with van der Waals surface area (Å²) in [7, 11) is 3.23. The Morgan fingerprint density at radius 1 is 1.38 bits per heavy atom. The van der Waals surface area contributed by atoms with Gasteiger partial charge in [-0.15, -0.1) is 0 Å². The van der Waals surface area contributed by atoms with E-state index in [0.29, 0.717) is 17.8 Å². The van der Waals surface area contributed by atoms with E-state index in [4.69, 9.17) is 0 Å². The first-order valence-electron chi connectivity index (χ1n) is 6.76. The van der Waals surface area contributed by atoms with E-state index in [1.54, 1.807) is 32.3 Å². The van der Waals surface area contributed by atoms with Crippen molar-refractivity contribution < 1.29 is 14.7 Å². The van der Waals surface area contributed by atoms with Crippen molar-refractivity contribution in [3.63, 3.8) is 0 Å². The number of hydrogen-bond donors (Lipinski definition) is 3. The lowest BCUT2D eigenvalue weighted by Crippen LogP contribution is -2.32. The minimum atomic E-state index is -0.294. The van der Waals surface area contributed by atoms with Gasteiger partial charge < -0.3 is 20.6 Å². The van der Waals surface area contributed by atoms with Gasteiger partial charge in [-0.1, -0.05) is 6.07 Å². The first-order valence-corrected chi connectivity index (χ1v) is 6.76. The third-order valence-electron chi connectivity index (χ3n) is 3.24. The van der Waals surface area contributed by atoms with Crippen LogP contribution >= 0.6 is 0 Å². The number of allylic oxidation sites excluding steroid dienone is 2. The average Bonchev–Trinajstić information content (AvgIpc) is 2.45. The van der Waals surface area contributed by atoms with Crippen molar-refractivity contribution in [3.05, 3.63) is 35.2 Å². The summed E-state index contributed by atoms with van der Waals surface area (Å²) in [5.41, 5.74) is 1.82. The number of Topliss-reactive ketones (excluding diaryl/α,β-unsaturated/α-hetero) is 1. The number of carbonyl (C=O) groups is 2. The number of nitrogens with one attached hydrogen (secondary N) is 2. The summed E-state index contributed by atoms with van der Waals surface area (Å²) >= 11 is 0. The Labute approximate surface area is 123 Å². The standard InChI is InChI=1S/C15H19N3O3/c1-4-16-11-8-12(19)13(11)17-10-7-5-6-9(14(10)20)15(21)18(2)3/h5-7,16-17,20H,4,8H2,1-3H3. The third-order valence-corrected chi connectivity index (χ3v) is 3.24. The van der Waals surface area contributed by atoms with Crippen LogP contribution in [0.2, 0.25) is 0 Å². The number of rotatable bonds is 5. The normalized spacial score (nSPS) is 13.8. The number of ketones is 1. The minimum Gasteiger partial charge on any atom is -0.505 e. The molecule has 3 N–H and O–H groups in total. The molecule has 0 unspecified atom stereocenters. The molecule has 0 fully saturated rings. The Hall–Kier alpha value is -2.50. The van der Waals surface area contributed by atoms with Crippen LogP contribution in [0.3, 0.4) is 0 Å². The molecule has 1 aliphatic carbocycles. The van der Waals surface area contributed by atoms with Gasteiger partial charge in [0.2, 0.25) is 0 Å². The molecule has 6 heteroatoms. The van der Waals surface area contributed by atoms with Crippen LogP contribution in [-0.2, 0) is 4.79 Å². The predicted octanol–water partition coefficient (Wildman–Crippen LogP) is 1.30. The number of anilines is 1. The Morgan fingerprint density at radius 3 is 2.67 bits per heavy atom. The van der Waals surface area contributed by atoms with Crippen molar-refractivity contribution in [2.24, 2.45) is 0 Å². The molecule has 1 aromatic rings. The molecule has 0 bridgehead atoms. The summed E-state index contributed by atoms with van der Waals surface area (Å²) in [5.74, 6) is -0.467. The van der Waals surface area contributed by atoms with Crippen molar-refractivity contribution in [1.82, 2.24) is 10.2 Å². The highest BCUT2D eigenvalue weighted by Crippen LogP contribution is 2.32. The maximum absolute atomic E-state index is 12.0. The fourth-order valence-corrected chi connectivity index (χ4v) is 2.10. The largest absolute Gasteiger partial charge is 0.505 e. The number of hydrogen-bond acceptors (Lipinski definition) is 5. The van der Waals surface area contributed by atoms with Crippen LogP contribution in [0.15, 0.2) is 29.6 Å². The second-order valence-corrected chi connectivity index (χ2v) is 5.01. The summed E-state index contributed by atoms with van der Waals surface area (Å²) in [6.07, 6.45) is 0.368. The smallest absolute Gasteiger partial charge is 0.257 e. The Bertz CT molecular complexity index is 621. The highest BCUT2D eigenvalue weighted by Gasteiger charge is 2.28. The Balaban J connectivity index is 2.30. The molecule has 0 aromatic heterocycles. The van der Waals surface area contributed by atoms with Gasteiger partial charge in [0, 0.05) is 26.3 Å². The lowest BCUT2D eigenvalue weighted by molar-refractivity contribution is -0.116. The zero-order valence-electron chi connectivity index (χ0n) is 12.4. The van der Waals surface area contributed by atoms with Crippen LogP contribution in [0.5, 0.6) is 5.75 Å². The zero-order chi connectivity index (χ0) is 15.6. The molecular weight excluding hydrogens is 270 g/mol. The van der Waals surface area contributed by atoms with Crippen LogP contribution < -0.4 is 10.6 Å². The van der Waals surface area contributed by atoms with E-state index >= 15 is 0 Å². The van der Waals surface area contributed by atoms with Gasteiger partial charge >= 0.3 is 0 Å². The number of phenols is 1. The summed E-state index contributed by atoms with van der Waals surface area (Å²) < 4.78 is 0. The Kier molecular flexibility index (Phi) is 4.16. The predicted molar refractivity (Wildman–Crippen MR) is 80.1 cm³/mol. The molecular formula is C15H19N3O3. The van der Waals surface area contributed by atoms with E-state index in [1.165, 1.54) is 4.90 Å². The summed E-state index contributed by atoms with van der Waals surface area (Å²) in [5, 5.41) is 16.2. The van der Waals surface area contributed by atoms with E-state index < -0.39 is 0 Å². The number of para-hydroxylation sites is 1. The molecule has 1 aliphatic rings. The molecule has 0 heterocycles. The van der Waals surface area contributed by atoms with Gasteiger partial charge in [-0.25, -0.2) is 0 Å². The molecule has 2 rings (SSSR count). The number of nitrogens with zero attached hydrogens (tertiary/aromatic N) is 1. The summed E-state index contributed by atoms with van der Waals surface area (Å²) in [6.45, 7) is 2.67. The summed E-state index contributed by atoms with van der Waals surface area (Å²) in [4.78, 5) is 25.0. The highest BCUT2D eigenvalue weighted by atomic mass is 16.3. The molecule has 1 aromatic carbocycles. The second-order valence-electron chi connectivity index (χ2n) is 5.01. The van der Waals surface area contributed by atoms with Crippen LogP contribution in [0.4, 0.5) is 5.69 Å². The summed E-state index contributed by atoms with van der Waals surface area (Å²) in [6, 6.07) is 4.84. The second kappa shape index (κ2) is 5.87. The van der Waals surface area contributed by atoms with Gasteiger partial charge in [-0.05, 0) is 19.1 Å². The molecule has 0 radical (unpaired) electrons. The third kappa shape index (κ3) is 2.84. The van der Waals surface area contributed by atoms with Crippen molar-refractivity contribution in [2.45, 2.75) is 13.3 Å². The van der Waals surface area contributed by atoms with Crippen molar-refractivity contribution in [1.29, 1.82) is 0 Å². The molecule has 0 saturated carbocycles. The lowest BCUT2D eigenvalue weighted by Gasteiger charge is -2.25. The van der Waals surface area contributed by atoms with Crippen molar-refractivity contribution >= 4 is 17.4 Å². The topological polar surface area (TPSA) is 81.7 Å².